The SMILES string of the molecule is COc1ccc([C@H](NC(=O)C2CCCCC2)c2c(O)ccc3ccccc23)cc1. The number of methoxy groups -OCH3 is 1. The highest BCUT2D eigenvalue weighted by Crippen LogP contribution is 2.37. The molecule has 1 aliphatic rings. The molecule has 4 rings (SSSR count). The second kappa shape index (κ2) is 8.56. The molecular weight excluding hydrogens is 362 g/mol. The summed E-state index contributed by atoms with van der Waals surface area (Å²) in [6.45, 7) is 0. The Morgan fingerprint density at radius 2 is 1.72 bits per heavy atom. The Morgan fingerprint density at radius 3 is 2.45 bits per heavy atom. The summed E-state index contributed by atoms with van der Waals surface area (Å²) in [5, 5.41) is 16.0. The number of benzene rings is 3. The lowest BCUT2D eigenvalue weighted by Gasteiger charge is -2.27. The third-order valence-electron chi connectivity index (χ3n) is 5.95. The van der Waals surface area contributed by atoms with Crippen LogP contribution in [0.5, 0.6) is 11.5 Å². The lowest BCUT2D eigenvalue weighted by atomic mass is 9.87. The molecule has 150 valence electrons. The van der Waals surface area contributed by atoms with Crippen LogP contribution in [0, 0.1) is 5.92 Å². The Morgan fingerprint density at radius 1 is 1.00 bits per heavy atom. The van der Waals surface area contributed by atoms with E-state index in [-0.39, 0.29) is 17.6 Å². The number of fused-ring (bicyclic) bond motifs is 1. The maximum absolute atomic E-state index is 13.1. The quantitative estimate of drug-likeness (QED) is 0.619. The molecule has 29 heavy (non-hydrogen) atoms. The normalized spacial score (nSPS) is 15.8. The van der Waals surface area contributed by atoms with Gasteiger partial charge in [-0.1, -0.05) is 61.7 Å². The van der Waals surface area contributed by atoms with Crippen molar-refractivity contribution in [3.05, 3.63) is 71.8 Å². The highest BCUT2D eigenvalue weighted by Gasteiger charge is 2.27. The Labute approximate surface area is 171 Å². The fourth-order valence-corrected chi connectivity index (χ4v) is 4.33. The first kappa shape index (κ1) is 19.3. The van der Waals surface area contributed by atoms with Gasteiger partial charge in [0, 0.05) is 11.5 Å². The fraction of sp³-hybridized carbons (Fsp3) is 0.320. The molecule has 0 saturated heterocycles. The number of phenolic OH excluding ortho intramolecular Hbond substituents is 1. The molecule has 1 saturated carbocycles. The number of carbonyl (C=O) groups excluding carboxylic acids is 1. The van der Waals surface area contributed by atoms with Crippen LogP contribution in [0.25, 0.3) is 10.8 Å². The van der Waals surface area contributed by atoms with E-state index in [0.717, 1.165) is 53.3 Å². The van der Waals surface area contributed by atoms with Gasteiger partial charge in [0.1, 0.15) is 11.5 Å². The van der Waals surface area contributed by atoms with Gasteiger partial charge in [-0.2, -0.15) is 0 Å². The Kier molecular flexibility index (Phi) is 5.70. The molecule has 0 aromatic heterocycles. The molecule has 1 fully saturated rings. The molecule has 1 amide bonds. The van der Waals surface area contributed by atoms with Crippen LogP contribution in [0.15, 0.2) is 60.7 Å². The van der Waals surface area contributed by atoms with Gasteiger partial charge in [-0.25, -0.2) is 0 Å². The molecule has 0 bridgehead atoms. The number of rotatable bonds is 5. The highest BCUT2D eigenvalue weighted by molar-refractivity contribution is 5.89. The summed E-state index contributed by atoms with van der Waals surface area (Å²) < 4.78 is 5.29. The van der Waals surface area contributed by atoms with Crippen molar-refractivity contribution in [3.8, 4) is 11.5 Å². The van der Waals surface area contributed by atoms with Crippen molar-refractivity contribution in [2.24, 2.45) is 5.92 Å². The van der Waals surface area contributed by atoms with Crippen molar-refractivity contribution in [2.75, 3.05) is 7.11 Å². The molecule has 4 heteroatoms. The standard InChI is InChI=1S/C25H27NO3/c1-29-20-14-11-18(12-15-20)24(26-25(28)19-8-3-2-4-9-19)23-21-10-6-5-7-17(21)13-16-22(23)27/h5-7,10-16,19,24,27H,2-4,8-9H2,1H3,(H,26,28)/t24-/m0/s1. The predicted octanol–water partition coefficient (Wildman–Crippen LogP) is 5.34. The van der Waals surface area contributed by atoms with E-state index in [1.54, 1.807) is 13.2 Å². The highest BCUT2D eigenvalue weighted by atomic mass is 16.5. The van der Waals surface area contributed by atoms with E-state index in [0.29, 0.717) is 0 Å². The summed E-state index contributed by atoms with van der Waals surface area (Å²) in [7, 11) is 1.63. The minimum Gasteiger partial charge on any atom is -0.508 e. The molecule has 1 atom stereocenters. The third-order valence-corrected chi connectivity index (χ3v) is 5.95. The number of aromatic hydroxyl groups is 1. The van der Waals surface area contributed by atoms with Crippen LogP contribution in [-0.4, -0.2) is 18.1 Å². The number of hydrogen-bond acceptors (Lipinski definition) is 3. The van der Waals surface area contributed by atoms with E-state index in [4.69, 9.17) is 4.74 Å². The minimum absolute atomic E-state index is 0.0432. The molecule has 0 spiro atoms. The van der Waals surface area contributed by atoms with Crippen LogP contribution in [-0.2, 0) is 4.79 Å². The van der Waals surface area contributed by atoms with Crippen molar-refractivity contribution in [2.45, 2.75) is 38.1 Å². The van der Waals surface area contributed by atoms with Crippen molar-refractivity contribution in [1.82, 2.24) is 5.32 Å². The molecule has 0 heterocycles. The first-order chi connectivity index (χ1) is 14.2. The molecule has 3 aromatic carbocycles. The van der Waals surface area contributed by atoms with E-state index < -0.39 is 6.04 Å². The molecule has 2 N–H and O–H groups in total. The Hall–Kier alpha value is -3.01. The molecule has 4 nitrogen and oxygen atoms in total. The Balaban J connectivity index is 1.77. The topological polar surface area (TPSA) is 58.6 Å². The van der Waals surface area contributed by atoms with E-state index in [9.17, 15) is 9.90 Å². The predicted molar refractivity (Wildman–Crippen MR) is 115 cm³/mol. The maximum atomic E-state index is 13.1. The summed E-state index contributed by atoms with van der Waals surface area (Å²) in [5.41, 5.74) is 1.65. The van der Waals surface area contributed by atoms with Gasteiger partial charge in [0.15, 0.2) is 0 Å². The van der Waals surface area contributed by atoms with Gasteiger partial charge in [-0.15, -0.1) is 0 Å². The zero-order valence-electron chi connectivity index (χ0n) is 16.7. The second-order valence-electron chi connectivity index (χ2n) is 7.77. The number of nitrogens with one attached hydrogen (secondary N) is 1. The van der Waals surface area contributed by atoms with Gasteiger partial charge in [-0.3, -0.25) is 4.79 Å². The zero-order chi connectivity index (χ0) is 20.2. The summed E-state index contributed by atoms with van der Waals surface area (Å²) in [6, 6.07) is 18.8. The second-order valence-corrected chi connectivity index (χ2v) is 7.77. The van der Waals surface area contributed by atoms with E-state index in [1.165, 1.54) is 6.42 Å². The number of amides is 1. The number of hydrogen-bond donors (Lipinski definition) is 2. The van der Waals surface area contributed by atoms with Gasteiger partial charge in [0.25, 0.3) is 0 Å². The van der Waals surface area contributed by atoms with Crippen LogP contribution in [0.2, 0.25) is 0 Å². The first-order valence-corrected chi connectivity index (χ1v) is 10.3. The lowest BCUT2D eigenvalue weighted by Crippen LogP contribution is -2.35. The molecular formula is C25H27NO3. The fourth-order valence-electron chi connectivity index (χ4n) is 4.33. The molecule has 1 aliphatic carbocycles. The van der Waals surface area contributed by atoms with Crippen molar-refractivity contribution in [3.63, 3.8) is 0 Å². The largest absolute Gasteiger partial charge is 0.508 e. The number of carbonyl (C=O) groups is 1. The smallest absolute Gasteiger partial charge is 0.223 e. The molecule has 0 unspecified atom stereocenters. The molecule has 3 aromatic rings. The van der Waals surface area contributed by atoms with E-state index >= 15 is 0 Å². The number of ether oxygens (including phenoxy) is 1. The Bertz CT molecular complexity index is 991. The monoisotopic (exact) mass is 389 g/mol. The van der Waals surface area contributed by atoms with Crippen LogP contribution in [0.4, 0.5) is 0 Å². The summed E-state index contributed by atoms with van der Waals surface area (Å²) in [4.78, 5) is 13.1. The molecule has 0 aliphatic heterocycles. The van der Waals surface area contributed by atoms with Gasteiger partial charge in [-0.05, 0) is 47.4 Å². The van der Waals surface area contributed by atoms with Crippen molar-refractivity contribution >= 4 is 16.7 Å². The summed E-state index contributed by atoms with van der Waals surface area (Å²) in [6.07, 6.45) is 5.27. The average Bonchev–Trinajstić information content (AvgIpc) is 2.78. The average molecular weight is 389 g/mol. The first-order valence-electron chi connectivity index (χ1n) is 10.3. The summed E-state index contributed by atoms with van der Waals surface area (Å²) >= 11 is 0. The van der Waals surface area contributed by atoms with E-state index in [2.05, 4.69) is 5.32 Å². The van der Waals surface area contributed by atoms with Gasteiger partial charge in [0.05, 0.1) is 13.2 Å². The zero-order valence-corrected chi connectivity index (χ0v) is 16.7. The van der Waals surface area contributed by atoms with Crippen LogP contribution < -0.4 is 10.1 Å². The van der Waals surface area contributed by atoms with Crippen molar-refractivity contribution in [1.29, 1.82) is 0 Å². The van der Waals surface area contributed by atoms with Crippen LogP contribution in [0.3, 0.4) is 0 Å². The van der Waals surface area contributed by atoms with E-state index in [1.807, 2.05) is 54.6 Å². The van der Waals surface area contributed by atoms with Crippen LogP contribution >= 0.6 is 0 Å². The van der Waals surface area contributed by atoms with Crippen LogP contribution in [0.1, 0.15) is 49.3 Å². The minimum atomic E-state index is -0.429. The van der Waals surface area contributed by atoms with Gasteiger partial charge in [0.2, 0.25) is 5.91 Å². The van der Waals surface area contributed by atoms with Gasteiger partial charge < -0.3 is 15.2 Å². The van der Waals surface area contributed by atoms with Gasteiger partial charge >= 0.3 is 0 Å². The summed E-state index contributed by atoms with van der Waals surface area (Å²) in [5.74, 6) is 1.06. The number of phenols is 1. The van der Waals surface area contributed by atoms with Crippen molar-refractivity contribution < 1.29 is 14.6 Å². The lowest BCUT2D eigenvalue weighted by molar-refractivity contribution is -0.126. The third kappa shape index (κ3) is 4.07. The molecule has 0 radical (unpaired) electrons. The maximum Gasteiger partial charge on any atom is 0.223 e.